The smallest absolute Gasteiger partial charge is 0.338 e. The van der Waals surface area contributed by atoms with Gasteiger partial charge >= 0.3 is 5.97 Å². The van der Waals surface area contributed by atoms with Crippen molar-refractivity contribution in [3.05, 3.63) is 89.0 Å². The van der Waals surface area contributed by atoms with Gasteiger partial charge in [0.15, 0.2) is 5.84 Å². The molecule has 9 heteroatoms. The molecule has 0 aromatic heterocycles. The van der Waals surface area contributed by atoms with Gasteiger partial charge in [0.1, 0.15) is 0 Å². The van der Waals surface area contributed by atoms with E-state index in [0.717, 1.165) is 0 Å². The second kappa shape index (κ2) is 12.3. The SMILES string of the molecule is CCOC(=O)c1cc(C(=O)NCC(C)C)ccc1-c1ccccc1C(=O)Nc1ccc(C(N)=NO)cc1. The van der Waals surface area contributed by atoms with E-state index in [1.807, 2.05) is 13.8 Å². The van der Waals surface area contributed by atoms with E-state index in [1.165, 1.54) is 6.07 Å². The molecule has 0 bridgehead atoms. The Balaban J connectivity index is 1.97. The average molecular weight is 503 g/mol. The molecule has 0 unspecified atom stereocenters. The highest BCUT2D eigenvalue weighted by Gasteiger charge is 2.21. The number of nitrogens with two attached hydrogens (primary N) is 1. The molecule has 0 radical (unpaired) electrons. The lowest BCUT2D eigenvalue weighted by Crippen LogP contribution is -2.27. The fraction of sp³-hybridized carbons (Fsp3) is 0.214. The van der Waals surface area contributed by atoms with Crippen molar-refractivity contribution in [2.45, 2.75) is 20.8 Å². The maximum absolute atomic E-state index is 13.2. The van der Waals surface area contributed by atoms with Crippen LogP contribution in [0.4, 0.5) is 5.69 Å². The zero-order chi connectivity index (χ0) is 26.9. The first kappa shape index (κ1) is 26.9. The van der Waals surface area contributed by atoms with Crippen LogP contribution in [-0.4, -0.2) is 42.0 Å². The molecule has 0 spiro atoms. The molecule has 37 heavy (non-hydrogen) atoms. The van der Waals surface area contributed by atoms with Crippen molar-refractivity contribution in [2.24, 2.45) is 16.8 Å². The fourth-order valence-electron chi connectivity index (χ4n) is 3.59. The lowest BCUT2D eigenvalue weighted by molar-refractivity contribution is 0.0527. The number of hydrogen-bond acceptors (Lipinski definition) is 6. The molecule has 2 amide bonds. The largest absolute Gasteiger partial charge is 0.462 e. The molecule has 0 atom stereocenters. The molecule has 0 aliphatic rings. The first-order chi connectivity index (χ1) is 17.7. The van der Waals surface area contributed by atoms with E-state index in [0.29, 0.717) is 40.0 Å². The van der Waals surface area contributed by atoms with E-state index in [4.69, 9.17) is 15.7 Å². The molecule has 0 saturated carbocycles. The summed E-state index contributed by atoms with van der Waals surface area (Å²) in [6.07, 6.45) is 0. The van der Waals surface area contributed by atoms with Crippen LogP contribution < -0.4 is 16.4 Å². The van der Waals surface area contributed by atoms with Crippen LogP contribution >= 0.6 is 0 Å². The normalized spacial score (nSPS) is 11.2. The standard InChI is InChI=1S/C28H30N4O5/c1-4-37-28(35)24-15-19(26(33)30-16-17(2)3)11-14-22(24)21-7-5-6-8-23(21)27(34)31-20-12-9-18(10-13-20)25(29)32-36/h5-15,17,36H,4,16H2,1-3H3,(H2,29,32)(H,30,33)(H,31,34). The van der Waals surface area contributed by atoms with Crippen molar-refractivity contribution in [2.75, 3.05) is 18.5 Å². The summed E-state index contributed by atoms with van der Waals surface area (Å²) in [5.74, 6) is -1.07. The second-order valence-corrected chi connectivity index (χ2v) is 8.65. The number of amidine groups is 1. The molecule has 0 aliphatic carbocycles. The van der Waals surface area contributed by atoms with Crippen molar-refractivity contribution >= 4 is 29.3 Å². The minimum atomic E-state index is -0.593. The lowest BCUT2D eigenvalue weighted by Gasteiger charge is -2.15. The number of nitrogens with one attached hydrogen (secondary N) is 2. The number of carbonyl (C=O) groups is 3. The van der Waals surface area contributed by atoms with E-state index < -0.39 is 11.9 Å². The number of amides is 2. The van der Waals surface area contributed by atoms with E-state index in [-0.39, 0.29) is 29.8 Å². The molecular formula is C28H30N4O5. The van der Waals surface area contributed by atoms with E-state index >= 15 is 0 Å². The van der Waals surface area contributed by atoms with Crippen LogP contribution in [0.5, 0.6) is 0 Å². The number of hydrogen-bond donors (Lipinski definition) is 4. The first-order valence-electron chi connectivity index (χ1n) is 11.8. The highest BCUT2D eigenvalue weighted by atomic mass is 16.5. The molecule has 9 nitrogen and oxygen atoms in total. The number of ether oxygens (including phenoxy) is 1. The summed E-state index contributed by atoms with van der Waals surface area (Å²) in [6, 6.07) is 18.1. The monoisotopic (exact) mass is 502 g/mol. The summed E-state index contributed by atoms with van der Waals surface area (Å²) in [5, 5.41) is 17.4. The molecule has 5 N–H and O–H groups in total. The van der Waals surface area contributed by atoms with Crippen LogP contribution in [0.3, 0.4) is 0 Å². The molecule has 3 rings (SSSR count). The predicted octanol–water partition coefficient (Wildman–Crippen LogP) is 4.26. The Morgan fingerprint density at radius 1 is 0.919 bits per heavy atom. The minimum Gasteiger partial charge on any atom is -0.462 e. The highest BCUT2D eigenvalue weighted by Crippen LogP contribution is 2.29. The predicted molar refractivity (Wildman–Crippen MR) is 142 cm³/mol. The molecule has 3 aromatic rings. The van der Waals surface area contributed by atoms with Crippen molar-refractivity contribution in [1.82, 2.24) is 5.32 Å². The Labute approximate surface area is 215 Å². The van der Waals surface area contributed by atoms with Gasteiger partial charge in [-0.05, 0) is 66.4 Å². The van der Waals surface area contributed by atoms with Gasteiger partial charge in [-0.2, -0.15) is 0 Å². The number of rotatable bonds is 9. The van der Waals surface area contributed by atoms with Gasteiger partial charge in [0, 0.05) is 28.9 Å². The summed E-state index contributed by atoms with van der Waals surface area (Å²) < 4.78 is 5.25. The van der Waals surface area contributed by atoms with Gasteiger partial charge in [0.25, 0.3) is 11.8 Å². The topological polar surface area (TPSA) is 143 Å². The maximum atomic E-state index is 13.2. The number of carbonyl (C=O) groups excluding carboxylic acids is 3. The second-order valence-electron chi connectivity index (χ2n) is 8.65. The van der Waals surface area contributed by atoms with Crippen molar-refractivity contribution in [3.8, 4) is 11.1 Å². The molecule has 3 aromatic carbocycles. The van der Waals surface area contributed by atoms with Crippen LogP contribution in [0.25, 0.3) is 11.1 Å². The summed E-state index contributed by atoms with van der Waals surface area (Å²) in [7, 11) is 0. The average Bonchev–Trinajstić information content (AvgIpc) is 2.91. The van der Waals surface area contributed by atoms with Gasteiger partial charge in [-0.3, -0.25) is 9.59 Å². The third-order valence-electron chi connectivity index (χ3n) is 5.46. The molecule has 0 heterocycles. The third kappa shape index (κ3) is 6.72. The number of oxime groups is 1. The number of anilines is 1. The van der Waals surface area contributed by atoms with E-state index in [1.54, 1.807) is 67.6 Å². The quantitative estimate of drug-likeness (QED) is 0.113. The van der Waals surface area contributed by atoms with Gasteiger partial charge in [-0.15, -0.1) is 0 Å². The van der Waals surface area contributed by atoms with Gasteiger partial charge in [0.05, 0.1) is 12.2 Å². The Bertz CT molecular complexity index is 1320. The van der Waals surface area contributed by atoms with Gasteiger partial charge in [-0.25, -0.2) is 4.79 Å². The molecule has 0 saturated heterocycles. The van der Waals surface area contributed by atoms with Gasteiger partial charge < -0.3 is 26.3 Å². The van der Waals surface area contributed by atoms with Crippen molar-refractivity contribution in [3.63, 3.8) is 0 Å². The first-order valence-corrected chi connectivity index (χ1v) is 11.8. The Kier molecular flexibility index (Phi) is 8.99. The fourth-order valence-corrected chi connectivity index (χ4v) is 3.59. The Hall–Kier alpha value is -4.66. The van der Waals surface area contributed by atoms with Crippen LogP contribution in [-0.2, 0) is 4.74 Å². The van der Waals surface area contributed by atoms with Crippen LogP contribution in [0.1, 0.15) is 57.4 Å². The molecular weight excluding hydrogens is 472 g/mol. The van der Waals surface area contributed by atoms with Crippen LogP contribution in [0.15, 0.2) is 71.9 Å². The lowest BCUT2D eigenvalue weighted by atomic mass is 9.93. The van der Waals surface area contributed by atoms with Gasteiger partial charge in [-0.1, -0.05) is 43.3 Å². The summed E-state index contributed by atoms with van der Waals surface area (Å²) >= 11 is 0. The van der Waals surface area contributed by atoms with E-state index in [9.17, 15) is 14.4 Å². The maximum Gasteiger partial charge on any atom is 0.338 e. The number of nitrogens with zero attached hydrogens (tertiary/aromatic N) is 1. The van der Waals surface area contributed by atoms with Gasteiger partial charge in [0.2, 0.25) is 0 Å². The number of esters is 1. The molecule has 192 valence electrons. The zero-order valence-corrected chi connectivity index (χ0v) is 20.9. The molecule has 0 fully saturated rings. The van der Waals surface area contributed by atoms with Crippen LogP contribution in [0.2, 0.25) is 0 Å². The van der Waals surface area contributed by atoms with Crippen molar-refractivity contribution in [1.29, 1.82) is 0 Å². The highest BCUT2D eigenvalue weighted by molar-refractivity contribution is 6.11. The van der Waals surface area contributed by atoms with Crippen LogP contribution in [0, 0.1) is 5.92 Å². The number of benzene rings is 3. The summed E-state index contributed by atoms with van der Waals surface area (Å²) in [4.78, 5) is 38.7. The van der Waals surface area contributed by atoms with E-state index in [2.05, 4.69) is 15.8 Å². The third-order valence-corrected chi connectivity index (χ3v) is 5.46. The summed E-state index contributed by atoms with van der Waals surface area (Å²) in [6.45, 7) is 6.33. The van der Waals surface area contributed by atoms with Crippen molar-refractivity contribution < 1.29 is 24.3 Å². The summed E-state index contributed by atoms with van der Waals surface area (Å²) in [5.41, 5.74) is 8.38. The Morgan fingerprint density at radius 3 is 2.22 bits per heavy atom. The minimum absolute atomic E-state index is 0.0453. The zero-order valence-electron chi connectivity index (χ0n) is 20.9. The molecule has 0 aliphatic heterocycles. The Morgan fingerprint density at radius 2 is 1.57 bits per heavy atom.